The molecule has 0 aromatic heterocycles. The highest BCUT2D eigenvalue weighted by Gasteiger charge is 2.26. The predicted molar refractivity (Wildman–Crippen MR) is 77.6 cm³/mol. The first-order valence-corrected chi connectivity index (χ1v) is 6.52. The largest absolute Gasteiger partial charge is 0.507 e. The molecule has 20 heavy (non-hydrogen) atoms. The summed E-state index contributed by atoms with van der Waals surface area (Å²) < 4.78 is 0. The van der Waals surface area contributed by atoms with Gasteiger partial charge in [0.25, 0.3) is 0 Å². The van der Waals surface area contributed by atoms with Gasteiger partial charge in [0.1, 0.15) is 5.75 Å². The van der Waals surface area contributed by atoms with Crippen LogP contribution in [0.1, 0.15) is 23.6 Å². The average Bonchev–Trinajstić information content (AvgIpc) is 2.73. The number of rotatable bonds is 2. The molecule has 0 saturated carbocycles. The molecule has 0 fully saturated rings. The van der Waals surface area contributed by atoms with Gasteiger partial charge in [0.15, 0.2) is 0 Å². The maximum atomic E-state index is 11.1. The number of carboxylic acid groups (broad SMARTS) is 1. The van der Waals surface area contributed by atoms with E-state index in [9.17, 15) is 9.90 Å². The summed E-state index contributed by atoms with van der Waals surface area (Å²) in [6.07, 6.45) is 2.10. The van der Waals surface area contributed by atoms with Crippen molar-refractivity contribution in [1.82, 2.24) is 0 Å². The van der Waals surface area contributed by atoms with Gasteiger partial charge in [-0.15, -0.1) is 0 Å². The van der Waals surface area contributed by atoms with Crippen LogP contribution in [0.15, 0.2) is 42.5 Å². The number of hydrogen-bond donors (Lipinski definition) is 2. The van der Waals surface area contributed by atoms with Crippen LogP contribution < -0.4 is 0 Å². The molecule has 0 bridgehead atoms. The molecular formula is C17H14O3. The van der Waals surface area contributed by atoms with Crippen LogP contribution in [0.25, 0.3) is 16.7 Å². The van der Waals surface area contributed by atoms with Crippen molar-refractivity contribution in [2.24, 2.45) is 0 Å². The third kappa shape index (κ3) is 1.79. The average molecular weight is 266 g/mol. The zero-order valence-corrected chi connectivity index (χ0v) is 11.1. The van der Waals surface area contributed by atoms with Crippen molar-refractivity contribution < 1.29 is 15.0 Å². The lowest BCUT2D eigenvalue weighted by molar-refractivity contribution is -0.131. The molecule has 2 aromatic carbocycles. The van der Waals surface area contributed by atoms with Gasteiger partial charge >= 0.3 is 5.97 Å². The van der Waals surface area contributed by atoms with Gasteiger partial charge < -0.3 is 10.2 Å². The van der Waals surface area contributed by atoms with Crippen molar-refractivity contribution in [1.29, 1.82) is 0 Å². The fraction of sp³-hybridized carbons (Fsp3) is 0.118. The van der Waals surface area contributed by atoms with E-state index in [2.05, 4.69) is 6.92 Å². The quantitative estimate of drug-likeness (QED) is 0.698. The highest BCUT2D eigenvalue weighted by molar-refractivity contribution is 6.07. The Morgan fingerprint density at radius 2 is 1.95 bits per heavy atom. The molecule has 0 amide bonds. The van der Waals surface area contributed by atoms with Crippen LogP contribution in [0, 0.1) is 0 Å². The van der Waals surface area contributed by atoms with Gasteiger partial charge in [-0.3, -0.25) is 0 Å². The smallest absolute Gasteiger partial charge is 0.328 e. The second-order valence-electron chi connectivity index (χ2n) is 4.83. The SMILES string of the molecule is CCc1ccc2c(c1)/C(=C\C(=O)O)c1cccc(O)c1-2. The lowest BCUT2D eigenvalue weighted by Gasteiger charge is -2.04. The Balaban J connectivity index is 2.35. The number of phenols is 1. The number of carboxylic acids is 1. The zero-order valence-electron chi connectivity index (χ0n) is 11.1. The van der Waals surface area contributed by atoms with Crippen molar-refractivity contribution in [2.75, 3.05) is 0 Å². The Bertz CT molecular complexity index is 742. The van der Waals surface area contributed by atoms with Crippen LogP contribution in [0.3, 0.4) is 0 Å². The molecule has 0 unspecified atom stereocenters. The summed E-state index contributed by atoms with van der Waals surface area (Å²) >= 11 is 0. The van der Waals surface area contributed by atoms with Crippen molar-refractivity contribution >= 4 is 11.5 Å². The van der Waals surface area contributed by atoms with E-state index in [-0.39, 0.29) is 5.75 Å². The number of fused-ring (bicyclic) bond motifs is 3. The highest BCUT2D eigenvalue weighted by Crippen LogP contribution is 2.48. The van der Waals surface area contributed by atoms with Gasteiger partial charge in [-0.25, -0.2) is 4.79 Å². The molecule has 3 rings (SSSR count). The highest BCUT2D eigenvalue weighted by atomic mass is 16.4. The minimum absolute atomic E-state index is 0.182. The summed E-state index contributed by atoms with van der Waals surface area (Å²) in [5.74, 6) is -0.800. The number of aromatic hydroxyl groups is 1. The van der Waals surface area contributed by atoms with Gasteiger partial charge in [0.05, 0.1) is 0 Å². The number of aryl methyl sites for hydroxylation is 1. The molecule has 0 atom stereocenters. The molecule has 1 aliphatic carbocycles. The van der Waals surface area contributed by atoms with Crippen LogP contribution in [0.5, 0.6) is 5.75 Å². The number of benzene rings is 2. The molecule has 0 aliphatic heterocycles. The first-order chi connectivity index (χ1) is 9.61. The molecule has 2 N–H and O–H groups in total. The lowest BCUT2D eigenvalue weighted by Crippen LogP contribution is -1.92. The molecule has 0 spiro atoms. The Morgan fingerprint density at radius 3 is 2.65 bits per heavy atom. The summed E-state index contributed by atoms with van der Waals surface area (Å²) in [7, 11) is 0. The fourth-order valence-electron chi connectivity index (χ4n) is 2.72. The number of aliphatic carboxylic acids is 1. The lowest BCUT2D eigenvalue weighted by atomic mass is 10.0. The van der Waals surface area contributed by atoms with E-state index in [1.54, 1.807) is 12.1 Å². The molecule has 0 radical (unpaired) electrons. The Hall–Kier alpha value is -2.55. The van der Waals surface area contributed by atoms with Crippen molar-refractivity contribution in [3.8, 4) is 16.9 Å². The molecule has 3 nitrogen and oxygen atoms in total. The Morgan fingerprint density at radius 1 is 1.15 bits per heavy atom. The van der Waals surface area contributed by atoms with Crippen molar-refractivity contribution in [3.63, 3.8) is 0 Å². The molecular weight excluding hydrogens is 252 g/mol. The minimum atomic E-state index is -0.982. The maximum absolute atomic E-state index is 11.1. The van der Waals surface area contributed by atoms with E-state index in [0.29, 0.717) is 5.57 Å². The van der Waals surface area contributed by atoms with E-state index < -0.39 is 5.97 Å². The normalized spacial score (nSPS) is 14.2. The third-order valence-electron chi connectivity index (χ3n) is 3.65. The predicted octanol–water partition coefficient (Wildman–Crippen LogP) is 3.45. The van der Waals surface area contributed by atoms with E-state index in [1.807, 2.05) is 24.3 Å². The van der Waals surface area contributed by atoms with Gasteiger partial charge in [-0.1, -0.05) is 37.3 Å². The fourth-order valence-corrected chi connectivity index (χ4v) is 2.72. The van der Waals surface area contributed by atoms with E-state index in [4.69, 9.17) is 5.11 Å². The standard InChI is InChI=1S/C17H14O3/c1-2-10-6-7-12-13(8-10)14(9-16(19)20)11-4-3-5-15(18)17(11)12/h3-9,18H,2H2,1H3,(H,19,20)/b14-9-. The molecule has 3 heteroatoms. The summed E-state index contributed by atoms with van der Waals surface area (Å²) in [5.41, 5.74) is 5.07. The van der Waals surface area contributed by atoms with Gasteiger partial charge in [-0.2, -0.15) is 0 Å². The van der Waals surface area contributed by atoms with Crippen molar-refractivity contribution in [2.45, 2.75) is 13.3 Å². The zero-order chi connectivity index (χ0) is 14.3. The third-order valence-corrected chi connectivity index (χ3v) is 3.65. The van der Waals surface area contributed by atoms with E-state index >= 15 is 0 Å². The van der Waals surface area contributed by atoms with Gasteiger partial charge in [0, 0.05) is 11.6 Å². The second kappa shape index (κ2) is 4.53. The number of phenolic OH excluding ortho intramolecular Hbond substituents is 1. The Kier molecular flexibility index (Phi) is 2.83. The number of hydrogen-bond acceptors (Lipinski definition) is 2. The first-order valence-electron chi connectivity index (χ1n) is 6.52. The monoisotopic (exact) mass is 266 g/mol. The molecule has 1 aliphatic rings. The van der Waals surface area contributed by atoms with Crippen LogP contribution >= 0.6 is 0 Å². The number of carbonyl (C=O) groups is 1. The molecule has 100 valence electrons. The van der Waals surface area contributed by atoms with E-state index in [0.717, 1.165) is 34.2 Å². The van der Waals surface area contributed by atoms with E-state index in [1.165, 1.54) is 6.08 Å². The van der Waals surface area contributed by atoms with Crippen molar-refractivity contribution in [3.05, 3.63) is 59.2 Å². The molecule has 0 heterocycles. The summed E-state index contributed by atoms with van der Waals surface area (Å²) in [6.45, 7) is 2.06. The maximum Gasteiger partial charge on any atom is 0.328 e. The summed E-state index contributed by atoms with van der Waals surface area (Å²) in [5, 5.41) is 19.2. The molecule has 0 saturated heterocycles. The van der Waals surface area contributed by atoms with Gasteiger partial charge in [-0.05, 0) is 40.3 Å². The molecule has 2 aromatic rings. The first kappa shape index (κ1) is 12.5. The minimum Gasteiger partial charge on any atom is -0.507 e. The summed E-state index contributed by atoms with van der Waals surface area (Å²) in [4.78, 5) is 11.1. The van der Waals surface area contributed by atoms with Crippen LogP contribution in [-0.2, 0) is 11.2 Å². The Labute approximate surface area is 116 Å². The van der Waals surface area contributed by atoms with Crippen LogP contribution in [0.4, 0.5) is 0 Å². The van der Waals surface area contributed by atoms with Crippen LogP contribution in [0.2, 0.25) is 0 Å². The van der Waals surface area contributed by atoms with Gasteiger partial charge in [0.2, 0.25) is 0 Å². The summed E-state index contributed by atoms with van der Waals surface area (Å²) in [6, 6.07) is 11.2. The topological polar surface area (TPSA) is 57.5 Å². The van der Waals surface area contributed by atoms with Crippen LogP contribution in [-0.4, -0.2) is 16.2 Å². The second-order valence-corrected chi connectivity index (χ2v) is 4.83.